The van der Waals surface area contributed by atoms with Crippen molar-refractivity contribution in [3.63, 3.8) is 0 Å². The second-order valence-corrected chi connectivity index (χ2v) is 11.6. The second-order valence-electron chi connectivity index (χ2n) is 8.62. The Morgan fingerprint density at radius 2 is 1.32 bits per heavy atom. The lowest BCUT2D eigenvalue weighted by atomic mass is 9.71. The largest absolute Gasteiger partial charge is 0.379 e. The van der Waals surface area contributed by atoms with Gasteiger partial charge in [0.05, 0.1) is 26.4 Å². The smallest absolute Gasteiger partial charge is 0.220 e. The van der Waals surface area contributed by atoms with Gasteiger partial charge in [-0.15, -0.1) is 0 Å². The Balaban J connectivity index is 1.90. The molecule has 3 fully saturated rings. The Kier molecular flexibility index (Phi) is 6.65. The number of rotatable bonds is 4. The Hall–Kier alpha value is 0.0700. The molecule has 0 unspecified atom stereocenters. The second kappa shape index (κ2) is 8.39. The van der Waals surface area contributed by atoms with Crippen molar-refractivity contribution in [3.8, 4) is 0 Å². The number of morpholine rings is 2. The van der Waals surface area contributed by atoms with E-state index in [-0.39, 0.29) is 5.66 Å². The molecular weight excluding hydrogens is 335 g/mol. The summed E-state index contributed by atoms with van der Waals surface area (Å²) in [7, 11) is -2.60. The number of nitrogens with zero attached hydrogens (tertiary/aromatic N) is 2. The first-order chi connectivity index (χ1) is 11.9. The summed E-state index contributed by atoms with van der Waals surface area (Å²) in [5, 5.41) is 0. The van der Waals surface area contributed by atoms with E-state index in [4.69, 9.17) is 9.47 Å². The molecule has 146 valence electrons. The molecule has 1 aliphatic carbocycles. The summed E-state index contributed by atoms with van der Waals surface area (Å²) in [5.41, 5.74) is 0.285. The van der Waals surface area contributed by atoms with Crippen molar-refractivity contribution in [2.75, 3.05) is 52.6 Å². The fraction of sp³-hybridized carbons (Fsp3) is 1.00. The van der Waals surface area contributed by atoms with Gasteiger partial charge in [0, 0.05) is 31.8 Å². The van der Waals surface area contributed by atoms with Crippen molar-refractivity contribution in [3.05, 3.63) is 0 Å². The van der Waals surface area contributed by atoms with E-state index < -0.39 is 7.44 Å². The summed E-state index contributed by atoms with van der Waals surface area (Å²) in [6.45, 7) is 15.5. The van der Waals surface area contributed by atoms with Gasteiger partial charge in [-0.1, -0.05) is 27.7 Å². The van der Waals surface area contributed by atoms with Gasteiger partial charge in [-0.05, 0) is 36.5 Å². The van der Waals surface area contributed by atoms with Gasteiger partial charge in [0.1, 0.15) is 0 Å². The van der Waals surface area contributed by atoms with Crippen LogP contribution in [0.4, 0.5) is 0 Å². The van der Waals surface area contributed by atoms with Gasteiger partial charge in [0.15, 0.2) is 0 Å². The first-order valence-electron chi connectivity index (χ1n) is 10.2. The fourth-order valence-electron chi connectivity index (χ4n) is 5.34. The van der Waals surface area contributed by atoms with Gasteiger partial charge < -0.3 is 9.47 Å². The number of hydrogen-bond acceptors (Lipinski definition) is 3. The summed E-state index contributed by atoms with van der Waals surface area (Å²) >= 11 is 0. The van der Waals surface area contributed by atoms with Crippen LogP contribution in [0, 0.1) is 23.7 Å². The Morgan fingerprint density at radius 3 is 1.76 bits per heavy atom. The summed E-state index contributed by atoms with van der Waals surface area (Å²) in [5.74, 6) is 2.58. The molecule has 3 aliphatic rings. The normalized spacial score (nSPS) is 36.7. The standard InChI is InChI=1S/C19H37N2O3P/c1-15(2)18-14-19(17(4)13-16(18)3)25(22,20-5-9-23-10-6-20)21-7-11-24-12-8-21/h15-19H,5-14H2,1-4H3/t16-,17+,18+,19+/m0/s1. The third-order valence-electron chi connectivity index (χ3n) is 6.72. The topological polar surface area (TPSA) is 42.0 Å². The minimum Gasteiger partial charge on any atom is -0.379 e. The van der Waals surface area contributed by atoms with Crippen molar-refractivity contribution >= 4 is 7.44 Å². The molecule has 0 bridgehead atoms. The van der Waals surface area contributed by atoms with Crippen molar-refractivity contribution in [2.24, 2.45) is 23.7 Å². The van der Waals surface area contributed by atoms with E-state index in [2.05, 4.69) is 37.0 Å². The highest BCUT2D eigenvalue weighted by atomic mass is 31.2. The van der Waals surface area contributed by atoms with Crippen LogP contribution in [0.3, 0.4) is 0 Å². The maximum Gasteiger partial charge on any atom is 0.220 e. The molecule has 0 N–H and O–H groups in total. The van der Waals surface area contributed by atoms with E-state index in [1.54, 1.807) is 0 Å². The number of hydrogen-bond donors (Lipinski definition) is 0. The molecule has 0 radical (unpaired) electrons. The van der Waals surface area contributed by atoms with Gasteiger partial charge in [-0.25, -0.2) is 9.34 Å². The lowest BCUT2D eigenvalue weighted by Crippen LogP contribution is -2.49. The molecule has 2 aliphatic heterocycles. The molecule has 25 heavy (non-hydrogen) atoms. The van der Waals surface area contributed by atoms with E-state index in [9.17, 15) is 4.57 Å². The first kappa shape index (κ1) is 19.8. The first-order valence-corrected chi connectivity index (χ1v) is 11.9. The van der Waals surface area contributed by atoms with Crippen LogP contribution in [0.15, 0.2) is 0 Å². The van der Waals surface area contributed by atoms with Crippen LogP contribution >= 0.6 is 7.44 Å². The van der Waals surface area contributed by atoms with Crippen LogP contribution in [0.2, 0.25) is 0 Å². The SMILES string of the molecule is CC(C)[C@H]1C[C@@H](P(=O)(N2CCOCC2)N2CCOCC2)[C@H](C)C[C@@H]1C. The molecule has 2 saturated heterocycles. The third-order valence-corrected chi connectivity index (χ3v) is 10.7. The van der Waals surface area contributed by atoms with Crippen LogP contribution < -0.4 is 0 Å². The summed E-state index contributed by atoms with van der Waals surface area (Å²) in [4.78, 5) is 0. The molecule has 4 atom stereocenters. The lowest BCUT2D eigenvalue weighted by Gasteiger charge is -2.51. The van der Waals surface area contributed by atoms with Crippen LogP contribution in [0.25, 0.3) is 0 Å². The summed E-state index contributed by atoms with van der Waals surface area (Å²) in [6.07, 6.45) is 2.30. The Morgan fingerprint density at radius 1 is 0.840 bits per heavy atom. The molecule has 3 rings (SSSR count). The van der Waals surface area contributed by atoms with E-state index in [0.717, 1.165) is 38.5 Å². The van der Waals surface area contributed by atoms with Crippen LogP contribution in [-0.2, 0) is 14.0 Å². The van der Waals surface area contributed by atoms with E-state index in [1.165, 1.54) is 6.42 Å². The monoisotopic (exact) mass is 372 g/mol. The predicted octanol–water partition coefficient (Wildman–Crippen LogP) is 3.55. The summed E-state index contributed by atoms with van der Waals surface area (Å²) in [6, 6.07) is 0. The highest BCUT2D eigenvalue weighted by molar-refractivity contribution is 7.59. The fourth-order valence-corrected chi connectivity index (χ4v) is 9.31. The Bertz CT molecular complexity index is 453. The van der Waals surface area contributed by atoms with Crippen LogP contribution in [0.5, 0.6) is 0 Å². The van der Waals surface area contributed by atoms with Crippen LogP contribution in [-0.4, -0.2) is 67.6 Å². The zero-order chi connectivity index (χ0) is 18.0. The third kappa shape index (κ3) is 4.01. The molecule has 5 nitrogen and oxygen atoms in total. The average Bonchev–Trinajstić information content (AvgIpc) is 2.62. The van der Waals surface area contributed by atoms with Crippen LogP contribution in [0.1, 0.15) is 40.5 Å². The van der Waals surface area contributed by atoms with E-state index in [0.29, 0.717) is 44.2 Å². The molecule has 0 amide bonds. The Labute approximate surface area is 153 Å². The molecular formula is C19H37N2O3P. The van der Waals surface area contributed by atoms with Gasteiger partial charge in [-0.3, -0.25) is 4.57 Å². The maximum atomic E-state index is 14.7. The van der Waals surface area contributed by atoms with Crippen molar-refractivity contribution in [1.82, 2.24) is 9.34 Å². The zero-order valence-electron chi connectivity index (χ0n) is 16.5. The lowest BCUT2D eigenvalue weighted by molar-refractivity contribution is 0.0477. The van der Waals surface area contributed by atoms with Crippen molar-refractivity contribution in [2.45, 2.75) is 46.2 Å². The minimum absolute atomic E-state index is 0.285. The minimum atomic E-state index is -2.60. The molecule has 6 heteroatoms. The van der Waals surface area contributed by atoms with E-state index >= 15 is 0 Å². The van der Waals surface area contributed by atoms with Crippen molar-refractivity contribution < 1.29 is 14.0 Å². The van der Waals surface area contributed by atoms with E-state index in [1.807, 2.05) is 0 Å². The van der Waals surface area contributed by atoms with Gasteiger partial charge >= 0.3 is 0 Å². The van der Waals surface area contributed by atoms with Gasteiger partial charge in [-0.2, -0.15) is 0 Å². The molecule has 0 aromatic heterocycles. The molecule has 0 spiro atoms. The van der Waals surface area contributed by atoms with Gasteiger partial charge in [0.25, 0.3) is 0 Å². The molecule has 0 aromatic carbocycles. The van der Waals surface area contributed by atoms with Gasteiger partial charge in [0.2, 0.25) is 7.44 Å². The molecule has 2 heterocycles. The average molecular weight is 372 g/mol. The summed E-state index contributed by atoms with van der Waals surface area (Å²) < 4.78 is 30.4. The maximum absolute atomic E-state index is 14.7. The molecule has 0 aromatic rings. The highest BCUT2D eigenvalue weighted by Crippen LogP contribution is 2.64. The molecule has 1 saturated carbocycles. The van der Waals surface area contributed by atoms with Crippen molar-refractivity contribution in [1.29, 1.82) is 0 Å². The number of ether oxygens (including phenoxy) is 2. The quantitative estimate of drug-likeness (QED) is 0.706. The zero-order valence-corrected chi connectivity index (χ0v) is 17.4. The highest BCUT2D eigenvalue weighted by Gasteiger charge is 2.50. The predicted molar refractivity (Wildman–Crippen MR) is 102 cm³/mol.